The minimum Gasteiger partial charge on any atom is -0.493 e. The number of benzene rings is 2. The first-order valence-electron chi connectivity index (χ1n) is 11.7. The van der Waals surface area contributed by atoms with Crippen molar-refractivity contribution in [3.05, 3.63) is 47.5 Å². The molecule has 2 aromatic carbocycles. The summed E-state index contributed by atoms with van der Waals surface area (Å²) >= 11 is 0. The molecular formula is C25H28N4O9. The Bertz CT molecular complexity index is 1230. The van der Waals surface area contributed by atoms with Gasteiger partial charge in [-0.3, -0.25) is 15.0 Å². The number of amides is 1. The third kappa shape index (κ3) is 8.11. The van der Waals surface area contributed by atoms with Crippen LogP contribution in [0.3, 0.4) is 0 Å². The summed E-state index contributed by atoms with van der Waals surface area (Å²) in [6, 6.07) is 7.89. The maximum Gasteiger partial charge on any atom is 0.347 e. The lowest BCUT2D eigenvalue weighted by Crippen LogP contribution is -2.42. The summed E-state index contributed by atoms with van der Waals surface area (Å²) in [6.07, 6.45) is 0.652. The Morgan fingerprint density at radius 3 is 2.37 bits per heavy atom. The monoisotopic (exact) mass is 528 g/mol. The Kier molecular flexibility index (Phi) is 9.46. The van der Waals surface area contributed by atoms with Crippen molar-refractivity contribution in [1.29, 1.82) is 5.41 Å². The van der Waals surface area contributed by atoms with Crippen molar-refractivity contribution in [1.82, 2.24) is 5.32 Å². The molecule has 38 heavy (non-hydrogen) atoms. The highest BCUT2D eigenvalue weighted by atomic mass is 16.6. The fourth-order valence-electron chi connectivity index (χ4n) is 3.57. The molecule has 1 atom stereocenters. The van der Waals surface area contributed by atoms with E-state index in [1.807, 2.05) is 0 Å². The van der Waals surface area contributed by atoms with Crippen LogP contribution in [-0.2, 0) is 20.8 Å². The van der Waals surface area contributed by atoms with Crippen LogP contribution in [0.5, 0.6) is 17.2 Å². The van der Waals surface area contributed by atoms with Crippen molar-refractivity contribution in [3.63, 3.8) is 0 Å². The minimum atomic E-state index is -1.53. The van der Waals surface area contributed by atoms with E-state index in [9.17, 15) is 19.2 Å². The van der Waals surface area contributed by atoms with Crippen LogP contribution in [0.2, 0.25) is 0 Å². The molecular weight excluding hydrogens is 500 g/mol. The molecule has 0 saturated heterocycles. The molecule has 13 heteroatoms. The van der Waals surface area contributed by atoms with Crippen LogP contribution in [0.4, 0.5) is 5.69 Å². The summed E-state index contributed by atoms with van der Waals surface area (Å²) < 4.78 is 17.2. The summed E-state index contributed by atoms with van der Waals surface area (Å²) in [7, 11) is 0. The molecule has 1 aliphatic heterocycles. The number of nitrogens with two attached hydrogens (primary N) is 1. The molecule has 7 N–H and O–H groups in total. The van der Waals surface area contributed by atoms with Crippen molar-refractivity contribution in [2.24, 2.45) is 5.73 Å². The maximum atomic E-state index is 13.0. The second-order valence-electron chi connectivity index (χ2n) is 8.38. The van der Waals surface area contributed by atoms with Gasteiger partial charge in [-0.05, 0) is 49.1 Å². The van der Waals surface area contributed by atoms with Crippen molar-refractivity contribution >= 4 is 35.5 Å². The molecule has 1 amide bonds. The summed E-state index contributed by atoms with van der Waals surface area (Å²) in [5, 5.41) is 30.1. The van der Waals surface area contributed by atoms with Crippen LogP contribution in [-0.4, -0.2) is 59.2 Å². The number of carbonyl (C=O) groups is 4. The number of rotatable bonds is 8. The zero-order valence-corrected chi connectivity index (χ0v) is 20.3. The molecule has 0 spiro atoms. The highest BCUT2D eigenvalue weighted by Gasteiger charge is 2.23. The van der Waals surface area contributed by atoms with E-state index < -0.39 is 36.3 Å². The van der Waals surface area contributed by atoms with E-state index in [2.05, 4.69) is 10.6 Å². The van der Waals surface area contributed by atoms with Crippen molar-refractivity contribution in [2.45, 2.75) is 38.1 Å². The molecule has 2 aromatic rings. The zero-order valence-electron chi connectivity index (χ0n) is 20.3. The van der Waals surface area contributed by atoms with Gasteiger partial charge in [-0.15, -0.1) is 0 Å². The van der Waals surface area contributed by atoms with Crippen LogP contribution < -0.4 is 30.6 Å². The summed E-state index contributed by atoms with van der Waals surface area (Å²) in [5.74, 6) is -3.62. The summed E-state index contributed by atoms with van der Waals surface area (Å²) in [6.45, 7) is 0.626. The number of ether oxygens (including phenoxy) is 3. The fraction of sp³-hybridized carbons (Fsp3) is 0.320. The predicted molar refractivity (Wildman–Crippen MR) is 134 cm³/mol. The lowest BCUT2D eigenvalue weighted by atomic mass is 10.1. The van der Waals surface area contributed by atoms with Gasteiger partial charge < -0.3 is 40.8 Å². The lowest BCUT2D eigenvalue weighted by Gasteiger charge is -2.17. The van der Waals surface area contributed by atoms with Crippen LogP contribution in [0, 0.1) is 5.41 Å². The van der Waals surface area contributed by atoms with E-state index >= 15 is 0 Å². The van der Waals surface area contributed by atoms with Crippen LogP contribution in [0.1, 0.15) is 41.6 Å². The van der Waals surface area contributed by atoms with E-state index in [-0.39, 0.29) is 35.9 Å². The Balaban J connectivity index is 1.74. The Hall–Kier alpha value is -4.81. The number of carboxylic acid groups (broad SMARTS) is 2. The number of hydrogen-bond donors (Lipinski definition) is 6. The third-order valence-electron chi connectivity index (χ3n) is 5.40. The highest BCUT2D eigenvalue weighted by Crippen LogP contribution is 2.32. The number of guanidine groups is 1. The first-order chi connectivity index (χ1) is 18.1. The van der Waals surface area contributed by atoms with Gasteiger partial charge in [-0.1, -0.05) is 6.07 Å². The van der Waals surface area contributed by atoms with Gasteiger partial charge in [0.15, 0.2) is 17.5 Å². The number of aliphatic carboxylic acids is 2. The second kappa shape index (κ2) is 12.9. The molecule has 0 radical (unpaired) electrons. The molecule has 3 rings (SSSR count). The molecule has 1 unspecified atom stereocenters. The van der Waals surface area contributed by atoms with E-state index in [1.54, 1.807) is 24.3 Å². The molecule has 0 saturated carbocycles. The summed E-state index contributed by atoms with van der Waals surface area (Å²) in [5.41, 5.74) is 6.69. The van der Waals surface area contributed by atoms with Crippen LogP contribution >= 0.6 is 0 Å². The molecule has 13 nitrogen and oxygen atoms in total. The average molecular weight is 529 g/mol. The van der Waals surface area contributed by atoms with Crippen molar-refractivity contribution in [3.8, 4) is 17.2 Å². The quantitative estimate of drug-likeness (QED) is 0.126. The fourth-order valence-corrected chi connectivity index (χ4v) is 3.57. The number of aryl methyl sites for hydroxylation is 1. The van der Waals surface area contributed by atoms with Crippen LogP contribution in [0.15, 0.2) is 36.4 Å². The zero-order chi connectivity index (χ0) is 27.7. The smallest absolute Gasteiger partial charge is 0.347 e. The molecule has 0 fully saturated rings. The normalized spacial score (nSPS) is 13.9. The first kappa shape index (κ1) is 27.8. The number of carbonyl (C=O) groups excluding carboxylic acids is 2. The van der Waals surface area contributed by atoms with Gasteiger partial charge in [0.1, 0.15) is 17.4 Å². The maximum absolute atomic E-state index is 13.0. The van der Waals surface area contributed by atoms with Gasteiger partial charge >= 0.3 is 17.9 Å². The van der Waals surface area contributed by atoms with E-state index in [4.69, 9.17) is 35.6 Å². The molecule has 0 aromatic heterocycles. The molecule has 1 aliphatic rings. The second-order valence-corrected chi connectivity index (χ2v) is 8.38. The number of esters is 1. The Morgan fingerprint density at radius 1 is 1.00 bits per heavy atom. The van der Waals surface area contributed by atoms with Gasteiger partial charge in [0.2, 0.25) is 5.91 Å². The van der Waals surface area contributed by atoms with Crippen LogP contribution in [0.25, 0.3) is 0 Å². The number of nitrogens with one attached hydrogen (secondary N) is 3. The molecule has 1 heterocycles. The van der Waals surface area contributed by atoms with E-state index in [0.29, 0.717) is 43.1 Å². The van der Waals surface area contributed by atoms with Gasteiger partial charge in [0.25, 0.3) is 0 Å². The lowest BCUT2D eigenvalue weighted by molar-refractivity contribution is -0.147. The van der Waals surface area contributed by atoms with Crippen molar-refractivity contribution < 1.29 is 43.6 Å². The first-order valence-corrected chi connectivity index (χ1v) is 11.7. The van der Waals surface area contributed by atoms with Gasteiger partial charge in [-0.2, -0.15) is 0 Å². The largest absolute Gasteiger partial charge is 0.493 e. The topological polar surface area (TPSA) is 210 Å². The SMILES string of the molecule is N=C(N)Nc1ccc2c(c1)OCCCCOc1cc(CCC(=O)NC(CC(=O)O)C(=O)O)ccc1OC2=O. The van der Waals surface area contributed by atoms with Crippen molar-refractivity contribution in [2.75, 3.05) is 18.5 Å². The van der Waals surface area contributed by atoms with Gasteiger partial charge in [0.05, 0.1) is 19.6 Å². The highest BCUT2D eigenvalue weighted by molar-refractivity contribution is 5.96. The standard InChI is InChI=1S/C25H28N4O9/c26-25(27)28-15-5-6-16-19(12-15)36-9-1-2-10-37-20-11-14(3-7-18(20)38-24(16)35)4-8-21(30)29-17(23(33)34)13-22(31)32/h3,5-7,11-12,17H,1-2,4,8-10,13H2,(H,29,30)(H,31,32)(H,33,34)(H4,26,27,28). The van der Waals surface area contributed by atoms with Gasteiger partial charge in [-0.25, -0.2) is 9.59 Å². The summed E-state index contributed by atoms with van der Waals surface area (Å²) in [4.78, 5) is 47.1. The number of fused-ring (bicyclic) bond motifs is 2. The molecule has 0 bridgehead atoms. The van der Waals surface area contributed by atoms with E-state index in [1.165, 1.54) is 12.1 Å². The number of hydrogen-bond acceptors (Lipinski definition) is 8. The van der Waals surface area contributed by atoms with Gasteiger partial charge in [0, 0.05) is 18.2 Å². The minimum absolute atomic E-state index is 0.0939. The third-order valence-corrected chi connectivity index (χ3v) is 5.40. The Morgan fingerprint density at radius 2 is 1.71 bits per heavy atom. The average Bonchev–Trinajstić information content (AvgIpc) is 2.84. The number of anilines is 1. The predicted octanol–water partition coefficient (Wildman–Crippen LogP) is 1.74. The molecule has 202 valence electrons. The number of carboxylic acids is 2. The van der Waals surface area contributed by atoms with E-state index in [0.717, 1.165) is 0 Å². The Labute approximate surface area is 217 Å². The molecule has 0 aliphatic carbocycles.